The highest BCUT2D eigenvalue weighted by Crippen LogP contribution is 2.25. The van der Waals surface area contributed by atoms with Crippen LogP contribution >= 0.6 is 0 Å². The Labute approximate surface area is 88.7 Å². The lowest BCUT2D eigenvalue weighted by Crippen LogP contribution is -1.98. The maximum absolute atomic E-state index is 10.5. The molecule has 78 valence electrons. The van der Waals surface area contributed by atoms with E-state index in [1.54, 1.807) is 0 Å². The first kappa shape index (κ1) is 9.90. The Kier molecular flexibility index (Phi) is 2.54. The third-order valence-electron chi connectivity index (χ3n) is 2.75. The molecule has 1 aromatic carbocycles. The fraction of sp³-hybridized carbons (Fsp3) is 0.333. The van der Waals surface area contributed by atoms with E-state index in [1.165, 1.54) is 5.56 Å². The number of carbonyl (C=O) groups is 1. The van der Waals surface area contributed by atoms with Crippen LogP contribution in [0.3, 0.4) is 0 Å². The third-order valence-corrected chi connectivity index (χ3v) is 2.75. The van der Waals surface area contributed by atoms with Gasteiger partial charge in [0.15, 0.2) is 0 Å². The molecule has 0 bridgehead atoms. The van der Waals surface area contributed by atoms with Crippen molar-refractivity contribution in [3.8, 4) is 0 Å². The summed E-state index contributed by atoms with van der Waals surface area (Å²) < 4.78 is 2.01. The van der Waals surface area contributed by atoms with Gasteiger partial charge in [0, 0.05) is 13.5 Å². The van der Waals surface area contributed by atoms with Crippen LogP contribution in [0.15, 0.2) is 24.5 Å². The molecule has 1 heterocycles. The molecule has 3 heteroatoms. The van der Waals surface area contributed by atoms with Crippen molar-refractivity contribution in [2.45, 2.75) is 19.3 Å². The van der Waals surface area contributed by atoms with E-state index in [4.69, 9.17) is 0 Å². The first-order valence-corrected chi connectivity index (χ1v) is 5.07. The van der Waals surface area contributed by atoms with Crippen molar-refractivity contribution in [1.29, 1.82) is 0 Å². The predicted octanol–water partition coefficient (Wildman–Crippen LogP) is 2.27. The molecule has 0 fully saturated rings. The molecule has 0 amide bonds. The Morgan fingerprint density at radius 3 is 3.07 bits per heavy atom. The van der Waals surface area contributed by atoms with Gasteiger partial charge in [-0.1, -0.05) is 19.1 Å². The summed E-state index contributed by atoms with van der Waals surface area (Å²) in [6, 6.07) is 6.05. The molecule has 15 heavy (non-hydrogen) atoms. The highest BCUT2D eigenvalue weighted by Gasteiger charge is 2.11. The topological polar surface area (TPSA) is 34.9 Å². The van der Waals surface area contributed by atoms with Crippen LogP contribution in [0.5, 0.6) is 0 Å². The molecule has 0 aliphatic carbocycles. The molecule has 2 aromatic rings. The van der Waals surface area contributed by atoms with Gasteiger partial charge in [-0.05, 0) is 17.5 Å². The van der Waals surface area contributed by atoms with Gasteiger partial charge in [0.05, 0.1) is 17.4 Å². The van der Waals surface area contributed by atoms with Crippen molar-refractivity contribution >= 4 is 17.3 Å². The molecular weight excluding hydrogens is 188 g/mol. The second-order valence-electron chi connectivity index (χ2n) is 3.87. The number of imidazole rings is 1. The van der Waals surface area contributed by atoms with Crippen LogP contribution in [-0.4, -0.2) is 15.8 Å². The largest absolute Gasteiger partial charge is 0.333 e. The summed E-state index contributed by atoms with van der Waals surface area (Å²) in [4.78, 5) is 14.8. The van der Waals surface area contributed by atoms with Crippen molar-refractivity contribution in [3.05, 3.63) is 30.1 Å². The van der Waals surface area contributed by atoms with Crippen molar-refractivity contribution in [2.75, 3.05) is 0 Å². The summed E-state index contributed by atoms with van der Waals surface area (Å²) in [5, 5.41) is 0. The number of hydrogen-bond donors (Lipinski definition) is 0. The van der Waals surface area contributed by atoms with Gasteiger partial charge >= 0.3 is 0 Å². The Bertz CT molecular complexity index is 487. The zero-order valence-corrected chi connectivity index (χ0v) is 8.97. The van der Waals surface area contributed by atoms with Gasteiger partial charge in [0.2, 0.25) is 0 Å². The molecule has 0 radical (unpaired) electrons. The van der Waals surface area contributed by atoms with Crippen LogP contribution in [0.4, 0.5) is 0 Å². The average molecular weight is 202 g/mol. The minimum atomic E-state index is 0.251. The number of fused-ring (bicyclic) bond motifs is 1. The predicted molar refractivity (Wildman–Crippen MR) is 59.8 cm³/mol. The van der Waals surface area contributed by atoms with E-state index < -0.39 is 0 Å². The molecule has 0 aliphatic rings. The summed E-state index contributed by atoms with van der Waals surface area (Å²) in [5.41, 5.74) is 3.32. The van der Waals surface area contributed by atoms with E-state index in [-0.39, 0.29) is 5.92 Å². The number of carbonyl (C=O) groups excluding carboxylic acids is 1. The Morgan fingerprint density at radius 2 is 2.33 bits per heavy atom. The maximum atomic E-state index is 10.5. The second-order valence-corrected chi connectivity index (χ2v) is 3.87. The van der Waals surface area contributed by atoms with Gasteiger partial charge in [0.25, 0.3) is 0 Å². The quantitative estimate of drug-likeness (QED) is 0.715. The van der Waals surface area contributed by atoms with Crippen molar-refractivity contribution in [2.24, 2.45) is 7.05 Å². The number of aromatic nitrogens is 2. The molecule has 0 N–H and O–H groups in total. The van der Waals surface area contributed by atoms with E-state index >= 15 is 0 Å². The molecule has 0 spiro atoms. The van der Waals surface area contributed by atoms with Gasteiger partial charge in [-0.2, -0.15) is 0 Å². The highest BCUT2D eigenvalue weighted by atomic mass is 16.1. The number of hydrogen-bond acceptors (Lipinski definition) is 2. The van der Waals surface area contributed by atoms with Crippen LogP contribution in [0.2, 0.25) is 0 Å². The van der Waals surface area contributed by atoms with E-state index in [0.717, 1.165) is 17.3 Å². The monoisotopic (exact) mass is 202 g/mol. The summed E-state index contributed by atoms with van der Waals surface area (Å²) in [6.45, 7) is 2.07. The van der Waals surface area contributed by atoms with Crippen LogP contribution in [0.1, 0.15) is 24.8 Å². The van der Waals surface area contributed by atoms with E-state index in [9.17, 15) is 4.79 Å². The molecule has 2 rings (SSSR count). The lowest BCUT2D eigenvalue weighted by atomic mass is 9.97. The van der Waals surface area contributed by atoms with Crippen LogP contribution in [-0.2, 0) is 11.8 Å². The molecule has 1 atom stereocenters. The van der Waals surface area contributed by atoms with Gasteiger partial charge in [0.1, 0.15) is 6.29 Å². The number of aldehydes is 1. The zero-order chi connectivity index (χ0) is 10.8. The summed E-state index contributed by atoms with van der Waals surface area (Å²) >= 11 is 0. The minimum Gasteiger partial charge on any atom is -0.333 e. The third kappa shape index (κ3) is 1.65. The van der Waals surface area contributed by atoms with Crippen LogP contribution < -0.4 is 0 Å². The smallest absolute Gasteiger partial charge is 0.120 e. The normalized spacial score (nSPS) is 12.9. The summed E-state index contributed by atoms with van der Waals surface area (Å²) in [6.07, 6.45) is 3.34. The van der Waals surface area contributed by atoms with Gasteiger partial charge in [-0.25, -0.2) is 4.98 Å². The van der Waals surface area contributed by atoms with Crippen molar-refractivity contribution in [3.63, 3.8) is 0 Å². The standard InChI is InChI=1S/C12H14N2O/c1-9(6-7-15)10-4-3-5-11-12(10)14(2)8-13-11/h3-5,7-9H,6H2,1-2H3. The van der Waals surface area contributed by atoms with Gasteiger partial charge in [-0.3, -0.25) is 0 Å². The molecular formula is C12H14N2O. The van der Waals surface area contributed by atoms with Crippen molar-refractivity contribution in [1.82, 2.24) is 9.55 Å². The molecule has 1 aromatic heterocycles. The van der Waals surface area contributed by atoms with Crippen molar-refractivity contribution < 1.29 is 4.79 Å². The molecule has 1 unspecified atom stereocenters. The highest BCUT2D eigenvalue weighted by molar-refractivity contribution is 5.79. The van der Waals surface area contributed by atoms with E-state index in [2.05, 4.69) is 18.0 Å². The lowest BCUT2D eigenvalue weighted by molar-refractivity contribution is -0.108. The number of benzene rings is 1. The first-order valence-electron chi connectivity index (χ1n) is 5.07. The Balaban J connectivity index is 2.58. The summed E-state index contributed by atoms with van der Waals surface area (Å²) in [5.74, 6) is 0.251. The fourth-order valence-corrected chi connectivity index (χ4v) is 1.91. The minimum absolute atomic E-state index is 0.251. The van der Waals surface area contributed by atoms with Gasteiger partial charge < -0.3 is 9.36 Å². The Morgan fingerprint density at radius 1 is 1.53 bits per heavy atom. The van der Waals surface area contributed by atoms with E-state index in [1.807, 2.05) is 30.1 Å². The molecule has 0 saturated carbocycles. The van der Waals surface area contributed by atoms with Gasteiger partial charge in [-0.15, -0.1) is 0 Å². The van der Waals surface area contributed by atoms with Crippen LogP contribution in [0, 0.1) is 0 Å². The lowest BCUT2D eigenvalue weighted by Gasteiger charge is -2.10. The Hall–Kier alpha value is -1.64. The summed E-state index contributed by atoms with van der Waals surface area (Å²) in [7, 11) is 1.98. The maximum Gasteiger partial charge on any atom is 0.120 e. The number of para-hydroxylation sites is 1. The zero-order valence-electron chi connectivity index (χ0n) is 8.97. The molecule has 0 aliphatic heterocycles. The second kappa shape index (κ2) is 3.85. The molecule has 3 nitrogen and oxygen atoms in total. The van der Waals surface area contributed by atoms with Crippen LogP contribution in [0.25, 0.3) is 11.0 Å². The number of rotatable bonds is 3. The number of aryl methyl sites for hydroxylation is 1. The average Bonchev–Trinajstić information content (AvgIpc) is 2.61. The fourth-order valence-electron chi connectivity index (χ4n) is 1.91. The first-order chi connectivity index (χ1) is 7.24. The SMILES string of the molecule is CC(CC=O)c1cccc2ncn(C)c12. The number of nitrogens with zero attached hydrogens (tertiary/aromatic N) is 2. The van der Waals surface area contributed by atoms with E-state index in [0.29, 0.717) is 6.42 Å². The molecule has 0 saturated heterocycles.